The number of nitrogens with one attached hydrogen (secondary N) is 3. The molecule has 1 amide bonds. The van der Waals surface area contributed by atoms with E-state index in [4.69, 9.17) is 11.6 Å². The van der Waals surface area contributed by atoms with E-state index in [0.717, 1.165) is 46.4 Å². The first-order valence-corrected chi connectivity index (χ1v) is 9.25. The second-order valence-electron chi connectivity index (χ2n) is 6.88. The highest BCUT2D eigenvalue weighted by molar-refractivity contribution is 6.35. The van der Waals surface area contributed by atoms with Gasteiger partial charge in [-0.3, -0.25) is 4.79 Å². The van der Waals surface area contributed by atoms with Gasteiger partial charge in [0.25, 0.3) is 5.91 Å². The first-order valence-electron chi connectivity index (χ1n) is 8.87. The third-order valence-corrected chi connectivity index (χ3v) is 5.63. The smallest absolute Gasteiger partial charge is 0.251 e. The Balaban J connectivity index is 1.49. The van der Waals surface area contributed by atoms with Gasteiger partial charge in [-0.05, 0) is 54.5 Å². The molecule has 2 aromatic carbocycles. The van der Waals surface area contributed by atoms with E-state index in [2.05, 4.69) is 21.4 Å². The average molecular weight is 364 g/mol. The van der Waals surface area contributed by atoms with E-state index < -0.39 is 0 Å². The van der Waals surface area contributed by atoms with E-state index in [1.807, 2.05) is 42.6 Å². The molecule has 130 valence electrons. The first-order chi connectivity index (χ1) is 12.7. The van der Waals surface area contributed by atoms with Gasteiger partial charge in [0.15, 0.2) is 0 Å². The fourth-order valence-electron chi connectivity index (χ4n) is 4.03. The van der Waals surface area contributed by atoms with Crippen LogP contribution in [0.3, 0.4) is 0 Å². The van der Waals surface area contributed by atoms with Gasteiger partial charge in [0.05, 0.1) is 16.6 Å². The number of aromatic nitrogens is 2. The van der Waals surface area contributed by atoms with Gasteiger partial charge >= 0.3 is 0 Å². The first kappa shape index (κ1) is 15.5. The normalized spacial score (nSPS) is 16.7. The summed E-state index contributed by atoms with van der Waals surface area (Å²) in [5.74, 6) is -0.0518. The van der Waals surface area contributed by atoms with Crippen LogP contribution in [0.4, 0.5) is 0 Å². The predicted molar refractivity (Wildman–Crippen MR) is 105 cm³/mol. The van der Waals surface area contributed by atoms with Gasteiger partial charge in [-0.15, -0.1) is 0 Å². The topological polar surface area (TPSA) is 60.7 Å². The summed E-state index contributed by atoms with van der Waals surface area (Å²) in [5.41, 5.74) is 4.97. The molecule has 1 atom stereocenters. The lowest BCUT2D eigenvalue weighted by Crippen LogP contribution is -2.31. The van der Waals surface area contributed by atoms with Gasteiger partial charge in [0.1, 0.15) is 0 Å². The highest BCUT2D eigenvalue weighted by Gasteiger charge is 2.26. The van der Waals surface area contributed by atoms with Crippen LogP contribution in [-0.4, -0.2) is 15.9 Å². The van der Waals surface area contributed by atoms with E-state index in [-0.39, 0.29) is 11.9 Å². The molecule has 0 spiro atoms. The number of benzene rings is 2. The van der Waals surface area contributed by atoms with Gasteiger partial charge in [0.2, 0.25) is 0 Å². The maximum atomic E-state index is 12.8. The predicted octanol–water partition coefficient (Wildman–Crippen LogP) is 5.11. The van der Waals surface area contributed by atoms with Crippen molar-refractivity contribution in [1.82, 2.24) is 15.3 Å². The Kier molecular flexibility index (Phi) is 3.54. The summed E-state index contributed by atoms with van der Waals surface area (Å²) in [4.78, 5) is 19.4. The van der Waals surface area contributed by atoms with Crippen LogP contribution < -0.4 is 5.32 Å². The van der Waals surface area contributed by atoms with Crippen molar-refractivity contribution in [2.24, 2.45) is 0 Å². The van der Waals surface area contributed by atoms with Crippen molar-refractivity contribution in [3.63, 3.8) is 0 Å². The Hall–Kier alpha value is -2.72. The molecule has 0 saturated heterocycles. The van der Waals surface area contributed by atoms with Gasteiger partial charge in [-0.1, -0.05) is 29.8 Å². The Labute approximate surface area is 155 Å². The molecule has 0 saturated carbocycles. The molecule has 0 fully saturated rings. The summed E-state index contributed by atoms with van der Waals surface area (Å²) in [6.45, 7) is 0. The van der Waals surface area contributed by atoms with E-state index in [0.29, 0.717) is 5.56 Å². The third-order valence-electron chi connectivity index (χ3n) is 5.31. The van der Waals surface area contributed by atoms with Crippen molar-refractivity contribution in [2.45, 2.75) is 25.3 Å². The van der Waals surface area contributed by atoms with Crippen LogP contribution in [0, 0.1) is 0 Å². The quantitative estimate of drug-likeness (QED) is 0.455. The van der Waals surface area contributed by atoms with E-state index in [1.54, 1.807) is 0 Å². The molecule has 26 heavy (non-hydrogen) atoms. The Morgan fingerprint density at radius 2 is 2.12 bits per heavy atom. The van der Waals surface area contributed by atoms with E-state index >= 15 is 0 Å². The molecule has 0 radical (unpaired) electrons. The van der Waals surface area contributed by atoms with Crippen LogP contribution >= 0.6 is 11.6 Å². The standard InChI is InChI=1S/C21H18ClN3O/c22-16-5-1-3-14-15-4-2-6-17(20(15)25-19(14)16)24-21(26)13-8-7-12-9-10-23-18(12)11-13/h1,3,5,7-11,17,23,25H,2,4,6H2,(H,24,26)/t17-/m1/s1. The number of hydrogen-bond acceptors (Lipinski definition) is 1. The minimum Gasteiger partial charge on any atom is -0.361 e. The number of aryl methyl sites for hydroxylation is 1. The van der Waals surface area contributed by atoms with Crippen LogP contribution in [0.5, 0.6) is 0 Å². The molecule has 2 aromatic heterocycles. The van der Waals surface area contributed by atoms with Crippen LogP contribution in [0.2, 0.25) is 5.02 Å². The molecule has 3 N–H and O–H groups in total. The summed E-state index contributed by atoms with van der Waals surface area (Å²) in [7, 11) is 0. The van der Waals surface area contributed by atoms with Crippen molar-refractivity contribution >= 4 is 39.3 Å². The molecule has 5 rings (SSSR count). The molecule has 1 aliphatic rings. The Morgan fingerprint density at radius 3 is 3.04 bits per heavy atom. The number of carbonyl (C=O) groups excluding carboxylic acids is 1. The molecule has 4 aromatic rings. The van der Waals surface area contributed by atoms with Crippen LogP contribution in [-0.2, 0) is 6.42 Å². The van der Waals surface area contributed by atoms with E-state index in [9.17, 15) is 4.79 Å². The Morgan fingerprint density at radius 1 is 1.19 bits per heavy atom. The molecular weight excluding hydrogens is 346 g/mol. The minimum atomic E-state index is -0.0518. The molecule has 2 heterocycles. The summed E-state index contributed by atoms with van der Waals surface area (Å²) in [6.07, 6.45) is 4.87. The number of carbonyl (C=O) groups is 1. The fraction of sp³-hybridized carbons (Fsp3) is 0.190. The molecule has 5 heteroatoms. The highest BCUT2D eigenvalue weighted by Crippen LogP contribution is 2.37. The minimum absolute atomic E-state index is 0.0194. The lowest BCUT2D eigenvalue weighted by Gasteiger charge is -2.24. The van der Waals surface area contributed by atoms with Gasteiger partial charge in [0, 0.05) is 28.4 Å². The zero-order chi connectivity index (χ0) is 17.7. The maximum Gasteiger partial charge on any atom is 0.251 e. The van der Waals surface area contributed by atoms with Crippen molar-refractivity contribution < 1.29 is 4.79 Å². The molecular formula is C21H18ClN3O. The van der Waals surface area contributed by atoms with Crippen molar-refractivity contribution in [2.75, 3.05) is 0 Å². The average Bonchev–Trinajstić information content (AvgIpc) is 3.27. The highest BCUT2D eigenvalue weighted by atomic mass is 35.5. The summed E-state index contributed by atoms with van der Waals surface area (Å²) < 4.78 is 0. The van der Waals surface area contributed by atoms with Crippen molar-refractivity contribution in [3.8, 4) is 0 Å². The third kappa shape index (κ3) is 2.41. The van der Waals surface area contributed by atoms with Gasteiger partial charge in [-0.25, -0.2) is 0 Å². The summed E-state index contributed by atoms with van der Waals surface area (Å²) >= 11 is 6.35. The number of H-pyrrole nitrogens is 2. The van der Waals surface area contributed by atoms with Crippen LogP contribution in [0.15, 0.2) is 48.7 Å². The number of halogens is 1. The maximum absolute atomic E-state index is 12.8. The summed E-state index contributed by atoms with van der Waals surface area (Å²) in [5, 5.41) is 6.19. The fourth-order valence-corrected chi connectivity index (χ4v) is 4.25. The van der Waals surface area contributed by atoms with Crippen LogP contribution in [0.25, 0.3) is 21.8 Å². The monoisotopic (exact) mass is 363 g/mol. The molecule has 0 unspecified atom stereocenters. The van der Waals surface area contributed by atoms with Gasteiger partial charge < -0.3 is 15.3 Å². The number of fused-ring (bicyclic) bond motifs is 4. The number of amides is 1. The second-order valence-corrected chi connectivity index (χ2v) is 7.28. The molecule has 4 nitrogen and oxygen atoms in total. The van der Waals surface area contributed by atoms with Crippen molar-refractivity contribution in [1.29, 1.82) is 0 Å². The van der Waals surface area contributed by atoms with E-state index in [1.165, 1.54) is 10.9 Å². The lowest BCUT2D eigenvalue weighted by molar-refractivity contribution is 0.0932. The molecule has 0 bridgehead atoms. The molecule has 0 aliphatic heterocycles. The number of para-hydroxylation sites is 1. The van der Waals surface area contributed by atoms with Gasteiger partial charge in [-0.2, -0.15) is 0 Å². The number of aromatic amines is 2. The Bertz CT molecular complexity index is 1140. The lowest BCUT2D eigenvalue weighted by atomic mass is 9.91. The number of hydrogen-bond donors (Lipinski definition) is 3. The largest absolute Gasteiger partial charge is 0.361 e. The second kappa shape index (κ2) is 5.92. The van der Waals surface area contributed by atoms with Crippen molar-refractivity contribution in [3.05, 3.63) is 70.5 Å². The zero-order valence-electron chi connectivity index (χ0n) is 14.1. The summed E-state index contributed by atoms with van der Waals surface area (Å²) in [6, 6.07) is 13.7. The molecule has 1 aliphatic carbocycles. The zero-order valence-corrected chi connectivity index (χ0v) is 14.9. The number of rotatable bonds is 2. The SMILES string of the molecule is O=C(N[C@@H]1CCCc2c1[nH]c1c(Cl)cccc21)c1ccc2cc[nH]c2c1. The van der Waals surface area contributed by atoms with Crippen LogP contribution in [0.1, 0.15) is 40.5 Å².